The first-order valence-electron chi connectivity index (χ1n) is 8.15. The number of amides is 2. The number of hydrogen-bond donors (Lipinski definition) is 1. The van der Waals surface area contributed by atoms with Crippen molar-refractivity contribution in [3.63, 3.8) is 0 Å². The Balaban J connectivity index is 1.77. The van der Waals surface area contributed by atoms with Crippen LogP contribution in [0.25, 0.3) is 6.08 Å². The molecule has 0 radical (unpaired) electrons. The van der Waals surface area contributed by atoms with Crippen LogP contribution in [-0.4, -0.2) is 26.9 Å². The Bertz CT molecular complexity index is 828. The van der Waals surface area contributed by atoms with E-state index in [1.807, 2.05) is 44.2 Å². The van der Waals surface area contributed by atoms with Crippen LogP contribution in [0.15, 0.2) is 30.5 Å². The maximum Gasteiger partial charge on any atom is 0.228 e. The van der Waals surface area contributed by atoms with Crippen LogP contribution in [0.1, 0.15) is 55.3 Å². The molecule has 1 aliphatic heterocycles. The van der Waals surface area contributed by atoms with Crippen molar-refractivity contribution in [2.75, 3.05) is 5.32 Å². The number of carbonyl (C=O) groups is 2. The normalized spacial score (nSPS) is 16.0. The Morgan fingerprint density at radius 3 is 2.72 bits per heavy atom. The highest BCUT2D eigenvalue weighted by Gasteiger charge is 2.28. The summed E-state index contributed by atoms with van der Waals surface area (Å²) in [5.41, 5.74) is 1.99. The molecule has 1 aromatic heterocycles. The van der Waals surface area contributed by atoms with Gasteiger partial charge >= 0.3 is 0 Å². The Morgan fingerprint density at radius 2 is 2.04 bits per heavy atom. The van der Waals surface area contributed by atoms with Crippen molar-refractivity contribution in [2.24, 2.45) is 0 Å². The van der Waals surface area contributed by atoms with E-state index >= 15 is 0 Å². The monoisotopic (exact) mass is 356 g/mol. The maximum absolute atomic E-state index is 12.5. The fraction of sp³-hybridized carbons (Fsp3) is 0.333. The quantitative estimate of drug-likeness (QED) is 0.909. The highest BCUT2D eigenvalue weighted by molar-refractivity contribution is 7.15. The van der Waals surface area contributed by atoms with Crippen LogP contribution in [0.4, 0.5) is 5.13 Å². The average Bonchev–Trinajstić information content (AvgIpc) is 3.03. The summed E-state index contributed by atoms with van der Waals surface area (Å²) < 4.78 is 0. The van der Waals surface area contributed by atoms with E-state index in [1.165, 1.54) is 18.3 Å². The minimum atomic E-state index is -0.323. The standard InChI is InChI=1S/C18H20N4O2S/c1-11(2)17-20-21-18(25-17)19-16(24)10-15-14-7-5-4-6-13(14)8-9-22(15)12(3)23/h4-9,11,15H,10H2,1-3H3,(H,19,21,24)/t15-/m0/s1. The number of hydrogen-bond acceptors (Lipinski definition) is 5. The van der Waals surface area contributed by atoms with Crippen molar-refractivity contribution < 1.29 is 9.59 Å². The van der Waals surface area contributed by atoms with Crippen LogP contribution >= 0.6 is 11.3 Å². The molecular formula is C18H20N4O2S. The van der Waals surface area contributed by atoms with E-state index in [2.05, 4.69) is 15.5 Å². The van der Waals surface area contributed by atoms with Gasteiger partial charge in [-0.1, -0.05) is 49.4 Å². The molecule has 2 heterocycles. The lowest BCUT2D eigenvalue weighted by molar-refractivity contribution is -0.129. The largest absolute Gasteiger partial charge is 0.311 e. The number of benzene rings is 1. The molecule has 3 rings (SSSR count). The van der Waals surface area contributed by atoms with Gasteiger partial charge in [-0.3, -0.25) is 9.59 Å². The molecule has 0 saturated carbocycles. The molecule has 6 nitrogen and oxygen atoms in total. The molecule has 1 atom stereocenters. The molecule has 1 N–H and O–H groups in total. The van der Waals surface area contributed by atoms with E-state index in [4.69, 9.17) is 0 Å². The second-order valence-corrected chi connectivity index (χ2v) is 7.25. The third-order valence-corrected chi connectivity index (χ3v) is 5.17. The number of anilines is 1. The fourth-order valence-electron chi connectivity index (χ4n) is 2.78. The summed E-state index contributed by atoms with van der Waals surface area (Å²) in [6, 6.07) is 7.47. The number of aromatic nitrogens is 2. The zero-order chi connectivity index (χ0) is 18.0. The van der Waals surface area contributed by atoms with Gasteiger partial charge < -0.3 is 10.2 Å². The lowest BCUT2D eigenvalue weighted by Crippen LogP contribution is -2.33. The third kappa shape index (κ3) is 3.76. The molecule has 7 heteroatoms. The highest BCUT2D eigenvalue weighted by atomic mass is 32.1. The number of fused-ring (bicyclic) bond motifs is 1. The van der Waals surface area contributed by atoms with E-state index in [0.717, 1.165) is 16.1 Å². The number of nitrogens with one attached hydrogen (secondary N) is 1. The van der Waals surface area contributed by atoms with Gasteiger partial charge in [0.1, 0.15) is 5.01 Å². The van der Waals surface area contributed by atoms with Gasteiger partial charge in [-0.25, -0.2) is 0 Å². The molecule has 1 aromatic carbocycles. The van der Waals surface area contributed by atoms with Gasteiger partial charge in [0.15, 0.2) is 0 Å². The topological polar surface area (TPSA) is 75.2 Å². The Labute approximate surface area is 150 Å². The first kappa shape index (κ1) is 17.3. The van der Waals surface area contributed by atoms with Crippen molar-refractivity contribution in [2.45, 2.75) is 39.2 Å². The summed E-state index contributed by atoms with van der Waals surface area (Å²) in [7, 11) is 0. The van der Waals surface area contributed by atoms with Gasteiger partial charge in [-0.2, -0.15) is 0 Å². The molecule has 2 amide bonds. The van der Waals surface area contributed by atoms with E-state index in [-0.39, 0.29) is 30.2 Å². The zero-order valence-electron chi connectivity index (χ0n) is 14.4. The third-order valence-electron chi connectivity index (χ3n) is 4.03. The second kappa shape index (κ2) is 7.14. The molecule has 1 aliphatic rings. The lowest BCUT2D eigenvalue weighted by atomic mass is 9.93. The molecule has 25 heavy (non-hydrogen) atoms. The van der Waals surface area contributed by atoms with Crippen LogP contribution in [0, 0.1) is 0 Å². The van der Waals surface area contributed by atoms with Crippen LogP contribution in [0.2, 0.25) is 0 Å². The first-order chi connectivity index (χ1) is 12.0. The number of nitrogens with zero attached hydrogens (tertiary/aromatic N) is 3. The maximum atomic E-state index is 12.5. The van der Waals surface area contributed by atoms with Crippen molar-refractivity contribution in [1.82, 2.24) is 15.1 Å². The number of rotatable bonds is 4. The minimum absolute atomic E-state index is 0.0958. The fourth-order valence-corrected chi connectivity index (χ4v) is 3.54. The van der Waals surface area contributed by atoms with E-state index in [9.17, 15) is 9.59 Å². The van der Waals surface area contributed by atoms with Crippen molar-refractivity contribution in [3.05, 3.63) is 46.6 Å². The second-order valence-electron chi connectivity index (χ2n) is 6.24. The predicted octanol–water partition coefficient (Wildman–Crippen LogP) is 3.56. The highest BCUT2D eigenvalue weighted by Crippen LogP contribution is 2.33. The van der Waals surface area contributed by atoms with Crippen molar-refractivity contribution in [1.29, 1.82) is 0 Å². The molecular weight excluding hydrogens is 336 g/mol. The summed E-state index contributed by atoms with van der Waals surface area (Å²) in [6.07, 6.45) is 3.80. The Hall–Kier alpha value is -2.54. The number of carbonyl (C=O) groups excluding carboxylic acids is 2. The zero-order valence-corrected chi connectivity index (χ0v) is 15.2. The Morgan fingerprint density at radius 1 is 1.28 bits per heavy atom. The van der Waals surface area contributed by atoms with Crippen molar-refractivity contribution in [3.8, 4) is 0 Å². The molecule has 0 unspecified atom stereocenters. The molecule has 2 aromatic rings. The van der Waals surface area contributed by atoms with Gasteiger partial charge in [0.05, 0.1) is 12.5 Å². The first-order valence-corrected chi connectivity index (χ1v) is 8.96. The molecule has 0 fully saturated rings. The smallest absolute Gasteiger partial charge is 0.228 e. The average molecular weight is 356 g/mol. The van der Waals surface area contributed by atoms with Gasteiger partial charge in [0.2, 0.25) is 16.9 Å². The molecule has 0 aliphatic carbocycles. The van der Waals surface area contributed by atoms with Crippen LogP contribution < -0.4 is 5.32 Å². The summed E-state index contributed by atoms with van der Waals surface area (Å²) in [4.78, 5) is 26.1. The molecule has 0 bridgehead atoms. The van der Waals surface area contributed by atoms with E-state index in [0.29, 0.717) is 5.13 Å². The summed E-state index contributed by atoms with van der Waals surface area (Å²) in [5, 5.41) is 12.3. The van der Waals surface area contributed by atoms with Crippen LogP contribution in [-0.2, 0) is 9.59 Å². The van der Waals surface area contributed by atoms with Gasteiger partial charge in [0.25, 0.3) is 0 Å². The van der Waals surface area contributed by atoms with Gasteiger partial charge in [0, 0.05) is 19.0 Å². The molecule has 0 spiro atoms. The van der Waals surface area contributed by atoms with Crippen molar-refractivity contribution >= 4 is 34.4 Å². The van der Waals surface area contributed by atoms with E-state index in [1.54, 1.807) is 11.1 Å². The van der Waals surface area contributed by atoms with Crippen LogP contribution in [0.3, 0.4) is 0 Å². The summed E-state index contributed by atoms with van der Waals surface area (Å²) in [5.74, 6) is -0.0129. The van der Waals surface area contributed by atoms with Gasteiger partial charge in [-0.05, 0) is 17.2 Å². The SMILES string of the molecule is CC(=O)N1C=Cc2ccccc2[C@@H]1CC(=O)Nc1nnc(C(C)C)s1. The summed E-state index contributed by atoms with van der Waals surface area (Å²) >= 11 is 1.38. The molecule has 130 valence electrons. The van der Waals surface area contributed by atoms with Crippen LogP contribution in [0.5, 0.6) is 0 Å². The minimum Gasteiger partial charge on any atom is -0.311 e. The Kier molecular flexibility index (Phi) is 4.94. The predicted molar refractivity (Wildman–Crippen MR) is 98.0 cm³/mol. The van der Waals surface area contributed by atoms with E-state index < -0.39 is 0 Å². The summed E-state index contributed by atoms with van der Waals surface area (Å²) in [6.45, 7) is 5.56. The van der Waals surface area contributed by atoms with Gasteiger partial charge in [-0.15, -0.1) is 10.2 Å². The lowest BCUT2D eigenvalue weighted by Gasteiger charge is -2.32. The molecule has 0 saturated heterocycles.